The first-order valence-corrected chi connectivity index (χ1v) is 13.5. The molecule has 0 spiro atoms. The molecule has 4 N–H and O–H groups in total. The van der Waals surface area contributed by atoms with Crippen LogP contribution in [0.15, 0.2) is 105 Å². The monoisotopic (exact) mass is 571 g/mol. The van der Waals surface area contributed by atoms with Crippen LogP contribution < -0.4 is 11.1 Å². The molecule has 1 aliphatic rings. The number of aliphatic hydroxyl groups is 1. The number of guanidine groups is 1. The molecule has 9 nitrogen and oxygen atoms in total. The number of carbonyl (C=O) groups excluding carboxylic acids is 1. The number of hydrogen-bond donors (Lipinski definition) is 3. The molecule has 0 unspecified atom stereocenters. The predicted molar refractivity (Wildman–Crippen MR) is 148 cm³/mol. The number of nitrogens with zero attached hydrogens (tertiary/aromatic N) is 3. The summed E-state index contributed by atoms with van der Waals surface area (Å²) in [5, 5.41) is 19.5. The van der Waals surface area contributed by atoms with Crippen LogP contribution in [0.3, 0.4) is 0 Å². The number of primary amides is 1. The van der Waals surface area contributed by atoms with Gasteiger partial charge in [-0.1, -0.05) is 65.7 Å². The Hall–Kier alpha value is -3.86. The zero-order valence-corrected chi connectivity index (χ0v) is 22.4. The van der Waals surface area contributed by atoms with Crippen molar-refractivity contribution >= 4 is 50.8 Å². The summed E-state index contributed by atoms with van der Waals surface area (Å²) >= 11 is 12.0. The van der Waals surface area contributed by atoms with Gasteiger partial charge in [-0.05, 0) is 54.4 Å². The highest BCUT2D eigenvalue weighted by Crippen LogP contribution is 2.30. The molecular weight excluding hydrogens is 549 g/mol. The van der Waals surface area contributed by atoms with Gasteiger partial charge in [0.25, 0.3) is 15.9 Å². The molecule has 1 atom stereocenters. The van der Waals surface area contributed by atoms with E-state index in [1.165, 1.54) is 36.2 Å². The van der Waals surface area contributed by atoms with Crippen molar-refractivity contribution in [1.29, 1.82) is 0 Å². The summed E-state index contributed by atoms with van der Waals surface area (Å²) in [5.74, 6) is -2.08. The molecule has 1 amide bonds. The summed E-state index contributed by atoms with van der Waals surface area (Å²) in [6, 6.07) is 22.0. The number of amides is 1. The van der Waals surface area contributed by atoms with E-state index in [-0.39, 0.29) is 23.3 Å². The fraction of sp³-hybridized carbons (Fsp3) is 0.115. The first-order valence-electron chi connectivity index (χ1n) is 11.3. The number of halogens is 2. The molecule has 0 saturated carbocycles. The van der Waals surface area contributed by atoms with Crippen molar-refractivity contribution in [2.45, 2.75) is 17.7 Å². The normalized spacial score (nSPS) is 16.6. The van der Waals surface area contributed by atoms with E-state index in [0.717, 1.165) is 11.1 Å². The Balaban J connectivity index is 1.85. The van der Waals surface area contributed by atoms with E-state index in [1.54, 1.807) is 12.1 Å². The zero-order chi connectivity index (χ0) is 27.4. The van der Waals surface area contributed by atoms with E-state index in [1.807, 2.05) is 42.5 Å². The fourth-order valence-corrected chi connectivity index (χ4v) is 5.02. The number of aliphatic hydroxyl groups excluding tert-OH is 1. The maximum absolute atomic E-state index is 13.2. The molecule has 0 radical (unpaired) electrons. The summed E-state index contributed by atoms with van der Waals surface area (Å²) in [6.07, 6.45) is 0. The average Bonchev–Trinajstić information content (AvgIpc) is 3.33. The highest BCUT2D eigenvalue weighted by atomic mass is 35.5. The predicted octanol–water partition coefficient (Wildman–Crippen LogP) is 4.41. The van der Waals surface area contributed by atoms with Crippen LogP contribution in [0.4, 0.5) is 0 Å². The van der Waals surface area contributed by atoms with Crippen LogP contribution >= 0.6 is 23.2 Å². The highest BCUT2D eigenvalue weighted by Gasteiger charge is 2.33. The third-order valence-electron chi connectivity index (χ3n) is 5.66. The maximum atomic E-state index is 13.2. The van der Waals surface area contributed by atoms with Gasteiger partial charge in [0.2, 0.25) is 5.96 Å². The van der Waals surface area contributed by atoms with Gasteiger partial charge in [-0.2, -0.15) is 13.5 Å². The van der Waals surface area contributed by atoms with E-state index in [2.05, 4.69) is 14.8 Å². The van der Waals surface area contributed by atoms with Crippen LogP contribution in [0.25, 0.3) is 0 Å². The lowest BCUT2D eigenvalue weighted by molar-refractivity contribution is -0.115. The largest absolute Gasteiger partial charge is 0.510 e. The smallest absolute Gasteiger partial charge is 0.285 e. The fourth-order valence-electron chi connectivity index (χ4n) is 3.81. The van der Waals surface area contributed by atoms with Crippen molar-refractivity contribution in [2.24, 2.45) is 15.2 Å². The lowest BCUT2D eigenvalue weighted by Crippen LogP contribution is -2.41. The number of sulfonamides is 1. The minimum Gasteiger partial charge on any atom is -0.510 e. The van der Waals surface area contributed by atoms with E-state index in [4.69, 9.17) is 28.9 Å². The second-order valence-electron chi connectivity index (χ2n) is 8.33. The van der Waals surface area contributed by atoms with Gasteiger partial charge in [0.15, 0.2) is 0 Å². The molecule has 4 rings (SSSR count). The average molecular weight is 572 g/mol. The molecule has 196 valence electrons. The molecule has 38 heavy (non-hydrogen) atoms. The number of hydrogen-bond acceptors (Lipinski definition) is 5. The Kier molecular flexibility index (Phi) is 8.05. The number of nitrogens with two attached hydrogens (primary N) is 1. The molecule has 3 aromatic rings. The Morgan fingerprint density at radius 2 is 1.61 bits per heavy atom. The second kappa shape index (κ2) is 11.3. The quantitative estimate of drug-likeness (QED) is 0.173. The summed E-state index contributed by atoms with van der Waals surface area (Å²) in [4.78, 5) is 11.9. The van der Waals surface area contributed by atoms with Crippen LogP contribution in [0.1, 0.15) is 24.0 Å². The van der Waals surface area contributed by atoms with E-state index < -0.39 is 27.4 Å². The molecule has 0 bridgehead atoms. The van der Waals surface area contributed by atoms with Crippen LogP contribution in [-0.2, 0) is 14.8 Å². The molecule has 0 aliphatic carbocycles. The van der Waals surface area contributed by atoms with Crippen LogP contribution in [0.5, 0.6) is 0 Å². The Morgan fingerprint density at radius 3 is 2.16 bits per heavy atom. The van der Waals surface area contributed by atoms with Gasteiger partial charge in [0.1, 0.15) is 11.5 Å². The summed E-state index contributed by atoms with van der Waals surface area (Å²) in [6.45, 7) is 1.40. The Bertz CT molecular complexity index is 1530. The van der Waals surface area contributed by atoms with Gasteiger partial charge in [-0.15, -0.1) is 4.40 Å². The maximum Gasteiger partial charge on any atom is 0.285 e. The zero-order valence-electron chi connectivity index (χ0n) is 20.0. The lowest BCUT2D eigenvalue weighted by atomic mass is 9.91. The van der Waals surface area contributed by atoms with Crippen molar-refractivity contribution in [3.05, 3.63) is 111 Å². The molecule has 3 aromatic carbocycles. The minimum absolute atomic E-state index is 0.132. The Morgan fingerprint density at radius 1 is 1.03 bits per heavy atom. The van der Waals surface area contributed by atoms with Crippen molar-refractivity contribution in [1.82, 2.24) is 10.3 Å². The Labute approximate surface area is 230 Å². The number of rotatable bonds is 6. The summed E-state index contributed by atoms with van der Waals surface area (Å²) in [5.41, 5.74) is 7.30. The van der Waals surface area contributed by atoms with E-state index >= 15 is 0 Å². The molecule has 0 saturated heterocycles. The van der Waals surface area contributed by atoms with Crippen LogP contribution in [0.2, 0.25) is 10.0 Å². The van der Waals surface area contributed by atoms with Gasteiger partial charge in [0, 0.05) is 16.0 Å². The minimum atomic E-state index is -4.30. The molecule has 0 fully saturated rings. The second-order valence-corrected chi connectivity index (χ2v) is 10.8. The van der Waals surface area contributed by atoms with Crippen molar-refractivity contribution < 1.29 is 18.3 Å². The number of benzene rings is 3. The van der Waals surface area contributed by atoms with Gasteiger partial charge in [-0.25, -0.2) is 5.01 Å². The van der Waals surface area contributed by atoms with Gasteiger partial charge < -0.3 is 16.2 Å². The van der Waals surface area contributed by atoms with Gasteiger partial charge in [0.05, 0.1) is 17.2 Å². The van der Waals surface area contributed by atoms with Crippen molar-refractivity contribution in [3.63, 3.8) is 0 Å². The SMILES string of the molecule is C/C(O)=C(/N/C(=N/S(=O)(=O)c1ccc(Cl)cc1)N1C[C@@H](c2ccccc2)C(c2ccc(Cl)cc2)=N1)C(N)=O. The van der Waals surface area contributed by atoms with Crippen molar-refractivity contribution in [2.75, 3.05) is 6.54 Å². The third kappa shape index (κ3) is 6.16. The number of carbonyl (C=O) groups is 1. The standard InChI is InChI=1S/C26H23Cl2N5O4S/c1-16(34)23(25(29)35)30-26(32-38(36,37)21-13-11-20(28)12-14-21)33-15-22(17-5-3-2-4-6-17)24(31-33)18-7-9-19(27)10-8-18/h2-14,22,34H,15H2,1H3,(H2,29,35)(H,30,32)/b23-16-/t22-/m0/s1. The molecule has 12 heteroatoms. The summed E-state index contributed by atoms with van der Waals surface area (Å²) in [7, 11) is -4.30. The number of allylic oxidation sites excluding steroid dienone is 1. The first kappa shape index (κ1) is 27.2. The number of hydrazone groups is 1. The van der Waals surface area contributed by atoms with Crippen molar-refractivity contribution in [3.8, 4) is 0 Å². The molecular formula is C26H23Cl2N5O4S. The first-order chi connectivity index (χ1) is 18.0. The van der Waals surface area contributed by atoms with Crippen LogP contribution in [-0.4, -0.2) is 42.7 Å². The highest BCUT2D eigenvalue weighted by molar-refractivity contribution is 7.90. The molecule has 0 aromatic heterocycles. The lowest BCUT2D eigenvalue weighted by Gasteiger charge is -2.20. The third-order valence-corrected chi connectivity index (χ3v) is 7.45. The topological polar surface area (TPSA) is 137 Å². The van der Waals surface area contributed by atoms with Gasteiger partial charge >= 0.3 is 0 Å². The summed E-state index contributed by atoms with van der Waals surface area (Å²) < 4.78 is 30.4. The van der Waals surface area contributed by atoms with E-state index in [9.17, 15) is 18.3 Å². The van der Waals surface area contributed by atoms with Crippen LogP contribution in [0, 0.1) is 0 Å². The number of nitrogens with one attached hydrogen (secondary N) is 1. The van der Waals surface area contributed by atoms with Gasteiger partial charge in [-0.3, -0.25) is 4.79 Å². The molecule has 1 heterocycles. The van der Waals surface area contributed by atoms with E-state index in [0.29, 0.717) is 15.8 Å². The molecule has 1 aliphatic heterocycles.